The fraction of sp³-hybridized carbons (Fsp3) is 1.00. The average molecular weight is 542 g/mol. The van der Waals surface area contributed by atoms with E-state index >= 15 is 0 Å². The van der Waals surface area contributed by atoms with Gasteiger partial charge in [0.2, 0.25) is 0 Å². The third-order valence-electron chi connectivity index (χ3n) is 3.61. The zero-order chi connectivity index (χ0) is 14.0. The predicted octanol–water partition coefficient (Wildman–Crippen LogP) is 1.62. The summed E-state index contributed by atoms with van der Waals surface area (Å²) < 4.78 is 0. The van der Waals surface area contributed by atoms with Crippen LogP contribution >= 0.6 is 0 Å². The fourth-order valence-electron chi connectivity index (χ4n) is 2.17. The van der Waals surface area contributed by atoms with Crippen LogP contribution in [0.15, 0.2) is 0 Å². The summed E-state index contributed by atoms with van der Waals surface area (Å²) in [6, 6.07) is 0. The molecule has 0 nitrogen and oxygen atoms in total. The van der Waals surface area contributed by atoms with Gasteiger partial charge in [0.15, 0.2) is 0 Å². The van der Waals surface area contributed by atoms with Crippen LogP contribution in [0.4, 0.5) is 0 Å². The molecule has 0 aromatic carbocycles. The molecule has 6 radical (unpaired) electrons. The summed E-state index contributed by atoms with van der Waals surface area (Å²) in [5.74, 6) is 2.00. The molecule has 0 aliphatic heterocycles. The van der Waals surface area contributed by atoms with Crippen LogP contribution in [0.1, 0.15) is 0 Å². The molecule has 0 saturated carbocycles. The zero-order valence-corrected chi connectivity index (χ0v) is 23.0. The number of hydrogen-bond donors (Lipinski definition) is 0. The zero-order valence-electron chi connectivity index (χ0n) is 11.7. The predicted molar refractivity (Wildman–Crippen MR) is 92.9 cm³/mol. The van der Waals surface area contributed by atoms with Crippen LogP contribution in [0.2, 0.25) is 51.6 Å². The fourth-order valence-corrected chi connectivity index (χ4v) is 172. The van der Waals surface area contributed by atoms with Crippen molar-refractivity contribution in [3.63, 3.8) is 0 Å². The van der Waals surface area contributed by atoms with E-state index in [0.29, 0.717) is 0 Å². The van der Waals surface area contributed by atoms with E-state index in [-0.39, 0.29) is 0 Å². The summed E-state index contributed by atoms with van der Waals surface area (Å²) in [6.07, 6.45) is -3.32. The summed E-state index contributed by atoms with van der Waals surface area (Å²) >= 11 is 12.8. The van der Waals surface area contributed by atoms with Gasteiger partial charge in [0, 0.05) is 0 Å². The summed E-state index contributed by atoms with van der Waals surface area (Å²) in [7, 11) is 0. The first kappa shape index (κ1) is 21.3. The van der Waals surface area contributed by atoms with Crippen molar-refractivity contribution in [3.05, 3.63) is 0 Å². The van der Waals surface area contributed by atoms with Gasteiger partial charge in [0.05, 0.1) is 0 Å². The van der Waals surface area contributed by atoms with Gasteiger partial charge < -0.3 is 0 Å². The molecule has 0 bridgehead atoms. The molecule has 0 aromatic heterocycles. The summed E-state index contributed by atoms with van der Waals surface area (Å²) in [5.41, 5.74) is 0. The molecule has 0 amide bonds. The molecule has 0 unspecified atom stereocenters. The Kier molecular flexibility index (Phi) is 9.46. The molecule has 0 saturated heterocycles. The van der Waals surface area contributed by atoms with Gasteiger partial charge in [-0.2, -0.15) is 0 Å². The van der Waals surface area contributed by atoms with Crippen molar-refractivity contribution in [2.75, 3.05) is 0 Å². The van der Waals surface area contributed by atoms with Crippen molar-refractivity contribution in [2.24, 2.45) is 0 Å². The second-order valence-corrected chi connectivity index (χ2v) is 68.3. The molecule has 8 heteroatoms. The SMILES string of the molecule is C[Si](C)([Se])[Si](C)([Si](C)(C)[Se])[Si](C)(C)[Se].[CH3][Ge]. The Bertz CT molecular complexity index is 181. The quantitative estimate of drug-likeness (QED) is 0.477. The van der Waals surface area contributed by atoms with Gasteiger partial charge in [-0.25, -0.2) is 0 Å². The Morgan fingerprint density at radius 3 is 0.688 bits per heavy atom. The van der Waals surface area contributed by atoms with Crippen LogP contribution in [-0.2, 0) is 0 Å². The molecule has 0 aliphatic carbocycles. The van der Waals surface area contributed by atoms with Crippen LogP contribution < -0.4 is 0 Å². The molecule has 16 heavy (non-hydrogen) atoms. The van der Waals surface area contributed by atoms with Crippen LogP contribution in [0, 0.1) is 0 Å². The Hall–Kier alpha value is 2.97. The van der Waals surface area contributed by atoms with E-state index < -0.39 is 25.2 Å². The van der Waals surface area contributed by atoms with Crippen molar-refractivity contribution in [1.29, 1.82) is 0 Å². The topological polar surface area (TPSA) is 0 Å². The molecule has 0 spiro atoms. The molecule has 0 aromatic rings. The third-order valence-corrected chi connectivity index (χ3v) is 111. The van der Waals surface area contributed by atoms with E-state index in [1.165, 1.54) is 0 Å². The van der Waals surface area contributed by atoms with Crippen molar-refractivity contribution >= 4 is 87.9 Å². The van der Waals surface area contributed by atoms with Crippen LogP contribution in [0.25, 0.3) is 0 Å². The second-order valence-electron chi connectivity index (χ2n) is 5.66. The monoisotopic (exact) mass is 546 g/mol. The number of rotatable bonds is 3. The maximum absolute atomic E-state index is 3.60. The maximum atomic E-state index is 3.60. The van der Waals surface area contributed by atoms with Gasteiger partial charge in [-0.15, -0.1) is 0 Å². The van der Waals surface area contributed by atoms with Crippen LogP contribution in [-0.4, -0.2) is 87.9 Å². The Morgan fingerprint density at radius 2 is 0.688 bits per heavy atom. The van der Waals surface area contributed by atoms with Gasteiger partial charge in [-0.1, -0.05) is 0 Å². The van der Waals surface area contributed by atoms with E-state index in [0.717, 1.165) is 0 Å². The second kappa shape index (κ2) is 7.11. The van der Waals surface area contributed by atoms with Gasteiger partial charge in [-0.05, 0) is 0 Å². The molecule has 0 atom stereocenters. The Labute approximate surface area is 138 Å². The standard InChI is InChI=1S/C7H21Se3Si4.CH3Ge/c1-11(2,8)14(7,12(3,4)9)13(5,6)10;1-2/h1-7H3;1H3. The van der Waals surface area contributed by atoms with Crippen molar-refractivity contribution in [2.45, 2.75) is 51.6 Å². The number of hydrogen-bond acceptors (Lipinski definition) is 0. The molecular formula is C8H24GeSe3Si4. The van der Waals surface area contributed by atoms with Gasteiger partial charge >= 0.3 is 139 Å². The molecule has 0 rings (SSSR count). The molecular weight excluding hydrogens is 518 g/mol. The minimum absolute atomic E-state index is 1.10. The van der Waals surface area contributed by atoms with Gasteiger partial charge in [0.25, 0.3) is 0 Å². The Morgan fingerprint density at radius 1 is 0.562 bits per heavy atom. The van der Waals surface area contributed by atoms with E-state index in [4.69, 9.17) is 0 Å². The first-order valence-electron chi connectivity index (χ1n) is 5.36. The van der Waals surface area contributed by atoms with Crippen LogP contribution in [0.5, 0.6) is 0 Å². The van der Waals surface area contributed by atoms with E-state index in [1.54, 1.807) is 0 Å². The molecule has 0 heterocycles. The first-order chi connectivity index (χ1) is 6.75. The Balaban J connectivity index is 0. The molecule has 94 valence electrons. The molecule has 0 fully saturated rings. The van der Waals surface area contributed by atoms with E-state index in [2.05, 4.69) is 91.9 Å². The summed E-state index contributed by atoms with van der Waals surface area (Å²) in [6.45, 7) is 16.8. The first-order valence-corrected chi connectivity index (χ1v) is 29.4. The normalized spacial score (nSPS) is 14.2. The molecule has 0 N–H and O–H groups in total. The average Bonchev–Trinajstić information content (AvgIpc) is 2.00. The van der Waals surface area contributed by atoms with Crippen LogP contribution in [0.3, 0.4) is 0 Å². The summed E-state index contributed by atoms with van der Waals surface area (Å²) in [4.78, 5) is 0. The molecule has 0 aliphatic rings. The summed E-state index contributed by atoms with van der Waals surface area (Å²) in [5, 5.41) is 0. The van der Waals surface area contributed by atoms with Crippen molar-refractivity contribution in [3.8, 4) is 0 Å². The van der Waals surface area contributed by atoms with Gasteiger partial charge in [-0.3, -0.25) is 0 Å². The van der Waals surface area contributed by atoms with E-state index in [9.17, 15) is 0 Å². The minimum atomic E-state index is -1.11. The third kappa shape index (κ3) is 4.82. The van der Waals surface area contributed by atoms with Crippen molar-refractivity contribution < 1.29 is 0 Å². The van der Waals surface area contributed by atoms with Gasteiger partial charge in [0.1, 0.15) is 0 Å². The van der Waals surface area contributed by atoms with E-state index in [1.807, 2.05) is 22.3 Å². The van der Waals surface area contributed by atoms with Crippen molar-refractivity contribution in [1.82, 2.24) is 0 Å².